The van der Waals surface area contributed by atoms with Crippen LogP contribution in [0.25, 0.3) is 11.1 Å². The molecule has 1 fully saturated rings. The molecular weight excluding hydrogens is 355 g/mol. The average molecular weight is 373 g/mol. The van der Waals surface area contributed by atoms with E-state index in [1.54, 1.807) is 12.3 Å². The first-order chi connectivity index (χ1) is 12.9. The number of nitrogens with zero attached hydrogens (tertiary/aromatic N) is 2. The third-order valence-corrected chi connectivity index (χ3v) is 5.20. The van der Waals surface area contributed by atoms with Crippen molar-refractivity contribution in [2.24, 2.45) is 4.99 Å². The number of hydrogen-bond acceptors (Lipinski definition) is 3. The number of carbonyl (C=O) groups excluding carboxylic acids is 1. The molecule has 1 atom stereocenters. The number of amides is 1. The van der Waals surface area contributed by atoms with Gasteiger partial charge in [-0.2, -0.15) is 13.2 Å². The number of rotatable bonds is 2. The summed E-state index contributed by atoms with van der Waals surface area (Å²) in [5.41, 5.74) is 1.54. The van der Waals surface area contributed by atoms with E-state index in [0.29, 0.717) is 30.6 Å². The van der Waals surface area contributed by atoms with E-state index in [1.807, 2.05) is 6.07 Å². The van der Waals surface area contributed by atoms with E-state index in [2.05, 4.69) is 10.3 Å². The minimum atomic E-state index is -4.35. The molecule has 0 unspecified atom stereocenters. The van der Waals surface area contributed by atoms with Crippen molar-refractivity contribution in [1.29, 1.82) is 0 Å². The van der Waals surface area contributed by atoms with Crippen molar-refractivity contribution in [3.05, 3.63) is 53.9 Å². The van der Waals surface area contributed by atoms with E-state index in [0.717, 1.165) is 36.2 Å². The van der Waals surface area contributed by atoms with Crippen LogP contribution in [0.3, 0.4) is 0 Å². The smallest absolute Gasteiger partial charge is 0.354 e. The number of pyridine rings is 1. The van der Waals surface area contributed by atoms with Gasteiger partial charge in [0.2, 0.25) is 5.91 Å². The molecule has 2 aromatic rings. The quantitative estimate of drug-likeness (QED) is 0.865. The Balaban J connectivity index is 1.63. The number of piperidine rings is 1. The Morgan fingerprint density at radius 1 is 1.04 bits per heavy atom. The third kappa shape index (κ3) is 3.34. The number of carbonyl (C=O) groups is 1. The molecule has 140 valence electrons. The molecule has 0 aliphatic carbocycles. The van der Waals surface area contributed by atoms with Crippen LogP contribution in [0.15, 0.2) is 47.6 Å². The second-order valence-corrected chi connectivity index (χ2v) is 6.95. The first kappa shape index (κ1) is 17.7. The lowest BCUT2D eigenvalue weighted by atomic mass is 9.87. The highest BCUT2D eigenvalue weighted by Gasteiger charge is 2.43. The maximum Gasteiger partial charge on any atom is 0.416 e. The lowest BCUT2D eigenvalue weighted by Gasteiger charge is -2.29. The van der Waals surface area contributed by atoms with Crippen molar-refractivity contribution in [2.75, 3.05) is 6.54 Å². The van der Waals surface area contributed by atoms with E-state index in [9.17, 15) is 18.0 Å². The average Bonchev–Trinajstić information content (AvgIpc) is 3.09. The first-order valence-corrected chi connectivity index (χ1v) is 8.89. The minimum absolute atomic E-state index is 0.0253. The van der Waals surface area contributed by atoms with Crippen LogP contribution in [0, 0.1) is 0 Å². The van der Waals surface area contributed by atoms with Crippen LogP contribution in [0.5, 0.6) is 0 Å². The van der Waals surface area contributed by atoms with Crippen LogP contribution < -0.4 is 5.32 Å². The monoisotopic (exact) mass is 373 g/mol. The highest BCUT2D eigenvalue weighted by atomic mass is 19.4. The topological polar surface area (TPSA) is 54.4 Å². The van der Waals surface area contributed by atoms with Crippen molar-refractivity contribution in [3.63, 3.8) is 0 Å². The molecule has 1 aromatic heterocycles. The molecule has 1 amide bonds. The summed E-state index contributed by atoms with van der Waals surface area (Å²) < 4.78 is 38.2. The predicted octanol–water partition coefficient (Wildman–Crippen LogP) is 4.00. The molecule has 1 aromatic carbocycles. The largest absolute Gasteiger partial charge is 0.416 e. The molecule has 0 radical (unpaired) electrons. The van der Waals surface area contributed by atoms with Gasteiger partial charge >= 0.3 is 6.18 Å². The van der Waals surface area contributed by atoms with Gasteiger partial charge in [-0.05, 0) is 61.1 Å². The molecule has 4 rings (SSSR count). The molecule has 4 nitrogen and oxygen atoms in total. The second-order valence-electron chi connectivity index (χ2n) is 6.95. The number of aromatic nitrogens is 1. The maximum absolute atomic E-state index is 12.7. The Morgan fingerprint density at radius 2 is 1.81 bits per heavy atom. The first-order valence-electron chi connectivity index (χ1n) is 8.89. The third-order valence-electron chi connectivity index (χ3n) is 5.20. The fourth-order valence-electron chi connectivity index (χ4n) is 3.71. The number of aliphatic imine (C=N–C) groups is 1. The van der Waals surface area contributed by atoms with Crippen molar-refractivity contribution < 1.29 is 18.0 Å². The fraction of sp³-hybridized carbons (Fsp3) is 0.350. The molecule has 2 aliphatic rings. The van der Waals surface area contributed by atoms with Gasteiger partial charge in [0.15, 0.2) is 0 Å². The van der Waals surface area contributed by atoms with Crippen LogP contribution in [0.2, 0.25) is 0 Å². The van der Waals surface area contributed by atoms with E-state index >= 15 is 0 Å². The Bertz CT molecular complexity index is 905. The van der Waals surface area contributed by atoms with Crippen molar-refractivity contribution in [1.82, 2.24) is 10.3 Å². The SMILES string of the molecule is O=C1NCCC[C@]12CCC(c1cc(-c3ccc(C(F)(F)F)cc3)ccn1)=N2. The summed E-state index contributed by atoms with van der Waals surface area (Å²) in [6.07, 6.45) is 0.242. The molecule has 1 N–H and O–H groups in total. The zero-order valence-corrected chi connectivity index (χ0v) is 14.5. The number of halogens is 3. The second kappa shape index (κ2) is 6.48. The highest BCUT2D eigenvalue weighted by Crippen LogP contribution is 2.35. The van der Waals surface area contributed by atoms with Gasteiger partial charge in [0.25, 0.3) is 0 Å². The summed E-state index contributed by atoms with van der Waals surface area (Å²) in [5.74, 6) is -0.0253. The summed E-state index contributed by atoms with van der Waals surface area (Å²) in [6, 6.07) is 8.63. The summed E-state index contributed by atoms with van der Waals surface area (Å²) in [4.78, 5) is 21.3. The Labute approximate surface area is 154 Å². The van der Waals surface area contributed by atoms with Gasteiger partial charge in [-0.25, -0.2) is 0 Å². The number of alkyl halides is 3. The summed E-state index contributed by atoms with van der Waals surface area (Å²) in [7, 11) is 0. The Morgan fingerprint density at radius 3 is 2.52 bits per heavy atom. The van der Waals surface area contributed by atoms with Gasteiger partial charge in [0, 0.05) is 12.7 Å². The van der Waals surface area contributed by atoms with Gasteiger partial charge in [0.1, 0.15) is 5.54 Å². The van der Waals surface area contributed by atoms with Crippen molar-refractivity contribution >= 4 is 11.6 Å². The summed E-state index contributed by atoms with van der Waals surface area (Å²) in [5, 5.41) is 2.88. The van der Waals surface area contributed by atoms with E-state index in [-0.39, 0.29) is 5.91 Å². The maximum atomic E-state index is 12.7. The molecular formula is C20H18F3N3O. The van der Waals surface area contributed by atoms with Gasteiger partial charge < -0.3 is 5.32 Å². The van der Waals surface area contributed by atoms with Crippen LogP contribution in [0.1, 0.15) is 36.9 Å². The number of hydrogen-bond donors (Lipinski definition) is 1. The normalized spacial score (nSPS) is 22.6. The molecule has 27 heavy (non-hydrogen) atoms. The molecule has 0 bridgehead atoms. The standard InChI is InChI=1S/C20H18F3N3O/c21-20(22,23)15-4-2-13(3-5-15)14-7-11-24-17(12-14)16-6-9-19(26-16)8-1-10-25-18(19)27/h2-5,7,11-12H,1,6,8-10H2,(H,25,27)/t19-/m0/s1. The predicted molar refractivity (Wildman–Crippen MR) is 95.4 cm³/mol. The van der Waals surface area contributed by atoms with Crippen molar-refractivity contribution in [3.8, 4) is 11.1 Å². The zero-order valence-electron chi connectivity index (χ0n) is 14.5. The summed E-state index contributed by atoms with van der Waals surface area (Å²) >= 11 is 0. The molecule has 3 heterocycles. The lowest BCUT2D eigenvalue weighted by molar-refractivity contribution is -0.137. The van der Waals surface area contributed by atoms with Gasteiger partial charge in [-0.1, -0.05) is 12.1 Å². The molecule has 2 aliphatic heterocycles. The highest BCUT2D eigenvalue weighted by molar-refractivity contribution is 6.04. The molecule has 7 heteroatoms. The van der Waals surface area contributed by atoms with E-state index in [4.69, 9.17) is 4.99 Å². The number of benzene rings is 1. The minimum Gasteiger partial charge on any atom is -0.354 e. The Kier molecular flexibility index (Phi) is 4.25. The van der Waals surface area contributed by atoms with Gasteiger partial charge in [-0.3, -0.25) is 14.8 Å². The van der Waals surface area contributed by atoms with E-state index in [1.165, 1.54) is 12.1 Å². The fourth-order valence-corrected chi connectivity index (χ4v) is 3.71. The lowest BCUT2D eigenvalue weighted by Crippen LogP contribution is -2.48. The zero-order chi connectivity index (χ0) is 19.1. The van der Waals surface area contributed by atoms with E-state index < -0.39 is 17.3 Å². The van der Waals surface area contributed by atoms with Gasteiger partial charge in [-0.15, -0.1) is 0 Å². The van der Waals surface area contributed by atoms with Crippen LogP contribution in [-0.4, -0.2) is 28.7 Å². The van der Waals surface area contributed by atoms with Crippen LogP contribution in [0.4, 0.5) is 13.2 Å². The molecule has 1 spiro atoms. The summed E-state index contributed by atoms with van der Waals surface area (Å²) in [6.45, 7) is 0.688. The Hall–Kier alpha value is -2.70. The van der Waals surface area contributed by atoms with Crippen LogP contribution >= 0.6 is 0 Å². The van der Waals surface area contributed by atoms with Crippen LogP contribution in [-0.2, 0) is 11.0 Å². The molecule has 0 saturated carbocycles. The number of nitrogens with one attached hydrogen (secondary N) is 1. The van der Waals surface area contributed by atoms with Crippen molar-refractivity contribution in [2.45, 2.75) is 37.4 Å². The molecule has 1 saturated heterocycles. The van der Waals surface area contributed by atoms with Gasteiger partial charge in [0.05, 0.1) is 17.0 Å².